The predicted octanol–water partition coefficient (Wildman–Crippen LogP) is 3.55. The number of ether oxygens (including phenoxy) is 2. The van der Waals surface area contributed by atoms with Gasteiger partial charge in [-0.1, -0.05) is 16.8 Å². The normalized spacial score (nSPS) is 14.3. The molecule has 0 bridgehead atoms. The minimum absolute atomic E-state index is 0.214. The lowest BCUT2D eigenvalue weighted by Gasteiger charge is -2.17. The van der Waals surface area contributed by atoms with Gasteiger partial charge in [-0.25, -0.2) is 4.79 Å². The van der Waals surface area contributed by atoms with Crippen LogP contribution in [0.5, 0.6) is 5.75 Å². The van der Waals surface area contributed by atoms with Gasteiger partial charge in [0.1, 0.15) is 25.0 Å². The first-order valence-electron chi connectivity index (χ1n) is 9.96. The smallest absolute Gasteiger partial charge is 0.336 e. The Bertz CT molecular complexity index is 1250. The summed E-state index contributed by atoms with van der Waals surface area (Å²) in [5.41, 5.74) is 2.49. The molecule has 0 atom stereocenters. The Labute approximate surface area is 188 Å². The zero-order valence-electron chi connectivity index (χ0n) is 17.6. The van der Waals surface area contributed by atoms with Crippen molar-refractivity contribution in [2.75, 3.05) is 38.4 Å². The highest BCUT2D eigenvalue weighted by atomic mass is 35.5. The van der Waals surface area contributed by atoms with Crippen molar-refractivity contribution < 1.29 is 23.5 Å². The summed E-state index contributed by atoms with van der Waals surface area (Å²) >= 11 is 6.06. The summed E-state index contributed by atoms with van der Waals surface area (Å²) in [6.45, 7) is 3.14. The molecule has 0 N–H and O–H groups in total. The molecule has 32 heavy (non-hydrogen) atoms. The van der Waals surface area contributed by atoms with Gasteiger partial charge in [-0.15, -0.1) is 0 Å². The van der Waals surface area contributed by atoms with Crippen LogP contribution in [0.2, 0.25) is 5.02 Å². The minimum atomic E-state index is -0.394. The fraction of sp³-hybridized carbons (Fsp3) is 0.261. The molecule has 2 aromatic carbocycles. The molecule has 0 radical (unpaired) electrons. The van der Waals surface area contributed by atoms with Crippen molar-refractivity contribution >= 4 is 39.9 Å². The van der Waals surface area contributed by atoms with E-state index < -0.39 is 5.63 Å². The first-order chi connectivity index (χ1) is 15.5. The largest absolute Gasteiger partial charge is 0.491 e. The van der Waals surface area contributed by atoms with Gasteiger partial charge in [-0.2, -0.15) is 0 Å². The molecule has 2 heterocycles. The lowest BCUT2D eigenvalue weighted by molar-refractivity contribution is -0.112. The van der Waals surface area contributed by atoms with E-state index in [-0.39, 0.29) is 11.6 Å². The van der Waals surface area contributed by atoms with E-state index in [0.717, 1.165) is 10.9 Å². The van der Waals surface area contributed by atoms with Gasteiger partial charge in [-0.05, 0) is 42.8 Å². The van der Waals surface area contributed by atoms with E-state index in [1.807, 2.05) is 19.1 Å². The number of halogens is 1. The van der Waals surface area contributed by atoms with Crippen molar-refractivity contribution in [3.63, 3.8) is 0 Å². The van der Waals surface area contributed by atoms with E-state index in [4.69, 9.17) is 30.3 Å². The standard InChI is InChI=1S/C23H21ClN2O6/c1-14-11-21(27)32-20-13-16(4-5-17(14)20)31-10-9-30-8-7-26-19-6-3-15(24)12-18(19)22(23(26)28)25-29-2/h3-6,11-13H,7-10H2,1-2H3/b25-22-. The van der Waals surface area contributed by atoms with Crippen molar-refractivity contribution in [1.29, 1.82) is 0 Å². The van der Waals surface area contributed by atoms with Crippen LogP contribution in [-0.2, 0) is 14.4 Å². The first kappa shape index (κ1) is 21.9. The van der Waals surface area contributed by atoms with Crippen LogP contribution in [-0.4, -0.2) is 45.1 Å². The van der Waals surface area contributed by atoms with E-state index in [1.54, 1.807) is 29.2 Å². The van der Waals surface area contributed by atoms with Gasteiger partial charge in [0.25, 0.3) is 5.91 Å². The Hall–Kier alpha value is -3.36. The molecular weight excluding hydrogens is 436 g/mol. The second kappa shape index (κ2) is 9.42. The zero-order chi connectivity index (χ0) is 22.7. The number of oxime groups is 1. The number of amides is 1. The lowest BCUT2D eigenvalue weighted by atomic mass is 10.1. The quantitative estimate of drug-likeness (QED) is 0.292. The van der Waals surface area contributed by atoms with Gasteiger partial charge in [0.05, 0.1) is 18.9 Å². The van der Waals surface area contributed by atoms with Gasteiger partial charge in [-0.3, -0.25) is 4.79 Å². The molecule has 4 rings (SSSR count). The fourth-order valence-corrected chi connectivity index (χ4v) is 3.73. The molecule has 0 fully saturated rings. The second-order valence-electron chi connectivity index (χ2n) is 7.11. The summed E-state index contributed by atoms with van der Waals surface area (Å²) < 4.78 is 16.5. The molecule has 9 heteroatoms. The maximum absolute atomic E-state index is 12.7. The molecule has 0 aliphatic carbocycles. The minimum Gasteiger partial charge on any atom is -0.491 e. The maximum atomic E-state index is 12.7. The number of rotatable bonds is 8. The third kappa shape index (κ3) is 4.46. The maximum Gasteiger partial charge on any atom is 0.336 e. The van der Waals surface area contributed by atoms with Crippen LogP contribution in [0.4, 0.5) is 5.69 Å². The average Bonchev–Trinajstić information content (AvgIpc) is 3.01. The Morgan fingerprint density at radius 3 is 2.72 bits per heavy atom. The summed E-state index contributed by atoms with van der Waals surface area (Å²) in [6.07, 6.45) is 0. The van der Waals surface area contributed by atoms with Crippen LogP contribution in [0.1, 0.15) is 11.1 Å². The SMILES string of the molecule is CO/N=C1\C(=O)N(CCOCCOc2ccc3c(C)cc(=O)oc3c2)c2ccc(Cl)cc21. The molecule has 8 nitrogen and oxygen atoms in total. The number of carbonyl (C=O) groups excluding carboxylic acids is 1. The zero-order valence-corrected chi connectivity index (χ0v) is 18.3. The molecule has 0 spiro atoms. The van der Waals surface area contributed by atoms with Crippen molar-refractivity contribution in [1.82, 2.24) is 0 Å². The van der Waals surface area contributed by atoms with Gasteiger partial charge in [0, 0.05) is 34.6 Å². The van der Waals surface area contributed by atoms with E-state index >= 15 is 0 Å². The average molecular weight is 457 g/mol. The number of hydrogen-bond donors (Lipinski definition) is 0. The Kier molecular flexibility index (Phi) is 6.43. The fourth-order valence-electron chi connectivity index (χ4n) is 3.56. The van der Waals surface area contributed by atoms with Crippen molar-refractivity contribution in [2.45, 2.75) is 6.92 Å². The van der Waals surface area contributed by atoms with Gasteiger partial charge < -0.3 is 23.6 Å². The number of nitrogens with zero attached hydrogens (tertiary/aromatic N) is 2. The number of carbonyl (C=O) groups is 1. The molecule has 1 aromatic heterocycles. The number of fused-ring (bicyclic) bond motifs is 2. The third-order valence-electron chi connectivity index (χ3n) is 5.01. The number of benzene rings is 2. The van der Waals surface area contributed by atoms with Crippen molar-refractivity contribution in [3.8, 4) is 5.75 Å². The number of anilines is 1. The molecular formula is C23H21ClN2O6. The Balaban J connectivity index is 1.30. The van der Waals surface area contributed by atoms with Crippen LogP contribution in [0.25, 0.3) is 11.0 Å². The summed E-state index contributed by atoms with van der Waals surface area (Å²) in [4.78, 5) is 30.6. The van der Waals surface area contributed by atoms with Crippen molar-refractivity contribution in [2.24, 2.45) is 5.16 Å². The summed E-state index contributed by atoms with van der Waals surface area (Å²) in [5, 5.41) is 5.21. The van der Waals surface area contributed by atoms with E-state index in [0.29, 0.717) is 54.0 Å². The van der Waals surface area contributed by atoms with Gasteiger partial charge in [0.2, 0.25) is 0 Å². The second-order valence-corrected chi connectivity index (χ2v) is 7.54. The highest BCUT2D eigenvalue weighted by molar-refractivity contribution is 6.54. The molecule has 0 unspecified atom stereocenters. The van der Waals surface area contributed by atoms with E-state index in [2.05, 4.69) is 5.16 Å². The van der Waals surface area contributed by atoms with E-state index in [9.17, 15) is 9.59 Å². The first-order valence-corrected chi connectivity index (χ1v) is 10.3. The Morgan fingerprint density at radius 1 is 1.06 bits per heavy atom. The van der Waals surface area contributed by atoms with Crippen LogP contribution in [0.15, 0.2) is 56.8 Å². The van der Waals surface area contributed by atoms with Crippen LogP contribution in [0.3, 0.4) is 0 Å². The van der Waals surface area contributed by atoms with Crippen LogP contribution in [0, 0.1) is 6.92 Å². The summed E-state index contributed by atoms with van der Waals surface area (Å²) in [7, 11) is 1.39. The number of aryl methyl sites for hydroxylation is 1. The summed E-state index contributed by atoms with van der Waals surface area (Å²) in [6, 6.07) is 12.0. The van der Waals surface area contributed by atoms with Gasteiger partial charge in [0.15, 0.2) is 5.71 Å². The highest BCUT2D eigenvalue weighted by Crippen LogP contribution is 2.31. The Morgan fingerprint density at radius 2 is 1.91 bits per heavy atom. The van der Waals surface area contributed by atoms with Crippen LogP contribution < -0.4 is 15.3 Å². The molecule has 1 aliphatic rings. The van der Waals surface area contributed by atoms with Gasteiger partial charge >= 0.3 is 5.63 Å². The third-order valence-corrected chi connectivity index (χ3v) is 5.25. The predicted molar refractivity (Wildman–Crippen MR) is 121 cm³/mol. The van der Waals surface area contributed by atoms with Crippen molar-refractivity contribution in [3.05, 3.63) is 69.0 Å². The molecule has 1 amide bonds. The van der Waals surface area contributed by atoms with Crippen LogP contribution >= 0.6 is 11.6 Å². The topological polar surface area (TPSA) is 90.6 Å². The number of hydrogen-bond acceptors (Lipinski definition) is 7. The monoisotopic (exact) mass is 456 g/mol. The van der Waals surface area contributed by atoms with E-state index in [1.165, 1.54) is 13.2 Å². The summed E-state index contributed by atoms with van der Waals surface area (Å²) in [5.74, 6) is 0.313. The molecule has 166 valence electrons. The molecule has 0 saturated heterocycles. The highest BCUT2D eigenvalue weighted by Gasteiger charge is 2.34. The molecule has 0 saturated carbocycles. The lowest BCUT2D eigenvalue weighted by Crippen LogP contribution is -2.33. The molecule has 1 aliphatic heterocycles. The molecule has 3 aromatic rings.